The summed E-state index contributed by atoms with van der Waals surface area (Å²) in [7, 11) is 1.69. The van der Waals surface area contributed by atoms with Crippen molar-refractivity contribution >= 4 is 5.71 Å². The molecule has 0 saturated carbocycles. The lowest BCUT2D eigenvalue weighted by atomic mass is 9.84. The fourth-order valence-electron chi connectivity index (χ4n) is 2.43. The van der Waals surface area contributed by atoms with Crippen LogP contribution in [0.3, 0.4) is 0 Å². The van der Waals surface area contributed by atoms with Crippen LogP contribution in [0, 0.1) is 0 Å². The van der Waals surface area contributed by atoms with Crippen LogP contribution in [-0.4, -0.2) is 12.8 Å². The Morgan fingerprint density at radius 2 is 1.67 bits per heavy atom. The SMILES string of the molecule is COc1c(C(=NN)c2ccccc2)cccc1C(C)(C)C. The molecule has 0 amide bonds. The van der Waals surface area contributed by atoms with E-state index in [-0.39, 0.29) is 5.41 Å². The van der Waals surface area contributed by atoms with E-state index < -0.39 is 0 Å². The van der Waals surface area contributed by atoms with Gasteiger partial charge in [0.1, 0.15) is 11.5 Å². The molecule has 110 valence electrons. The molecule has 21 heavy (non-hydrogen) atoms. The highest BCUT2D eigenvalue weighted by atomic mass is 16.5. The zero-order valence-electron chi connectivity index (χ0n) is 13.1. The first-order valence-electron chi connectivity index (χ1n) is 7.00. The van der Waals surface area contributed by atoms with E-state index in [1.54, 1.807) is 7.11 Å². The van der Waals surface area contributed by atoms with E-state index in [1.807, 2.05) is 42.5 Å². The number of hydrogen-bond acceptors (Lipinski definition) is 3. The maximum absolute atomic E-state index is 5.67. The largest absolute Gasteiger partial charge is 0.496 e. The predicted octanol–water partition coefficient (Wildman–Crippen LogP) is 3.70. The van der Waals surface area contributed by atoms with E-state index in [4.69, 9.17) is 10.6 Å². The van der Waals surface area contributed by atoms with E-state index >= 15 is 0 Å². The van der Waals surface area contributed by atoms with Crippen LogP contribution < -0.4 is 10.6 Å². The summed E-state index contributed by atoms with van der Waals surface area (Å²) in [5, 5.41) is 4.00. The molecule has 2 aromatic carbocycles. The van der Waals surface area contributed by atoms with Crippen molar-refractivity contribution in [2.24, 2.45) is 10.9 Å². The molecular weight excluding hydrogens is 260 g/mol. The van der Waals surface area contributed by atoms with Crippen molar-refractivity contribution in [1.82, 2.24) is 0 Å². The molecule has 2 aromatic rings. The highest BCUT2D eigenvalue weighted by molar-refractivity contribution is 6.14. The lowest BCUT2D eigenvalue weighted by Crippen LogP contribution is -2.16. The minimum absolute atomic E-state index is 0.0161. The Hall–Kier alpha value is -2.29. The third-order valence-electron chi connectivity index (χ3n) is 3.46. The van der Waals surface area contributed by atoms with Gasteiger partial charge in [-0.15, -0.1) is 0 Å². The maximum Gasteiger partial charge on any atom is 0.132 e. The first-order chi connectivity index (χ1) is 9.99. The Kier molecular flexibility index (Phi) is 4.32. The molecule has 0 fully saturated rings. The van der Waals surface area contributed by atoms with Crippen LogP contribution in [0.5, 0.6) is 5.75 Å². The molecule has 0 aliphatic heterocycles. The highest BCUT2D eigenvalue weighted by Gasteiger charge is 2.23. The zero-order chi connectivity index (χ0) is 15.5. The maximum atomic E-state index is 5.67. The molecule has 0 aromatic heterocycles. The minimum Gasteiger partial charge on any atom is -0.496 e. The molecule has 2 N–H and O–H groups in total. The van der Waals surface area contributed by atoms with Gasteiger partial charge in [0.2, 0.25) is 0 Å². The zero-order valence-corrected chi connectivity index (χ0v) is 13.1. The van der Waals surface area contributed by atoms with Crippen LogP contribution in [-0.2, 0) is 5.41 Å². The fraction of sp³-hybridized carbons (Fsp3) is 0.278. The molecule has 0 unspecified atom stereocenters. The first-order valence-corrected chi connectivity index (χ1v) is 7.00. The smallest absolute Gasteiger partial charge is 0.132 e. The Balaban J connectivity index is 2.64. The van der Waals surface area contributed by atoms with Gasteiger partial charge in [-0.25, -0.2) is 0 Å². The monoisotopic (exact) mass is 282 g/mol. The van der Waals surface area contributed by atoms with Crippen molar-refractivity contribution in [2.45, 2.75) is 26.2 Å². The van der Waals surface area contributed by atoms with Gasteiger partial charge >= 0.3 is 0 Å². The normalized spacial score (nSPS) is 12.3. The van der Waals surface area contributed by atoms with E-state index in [1.165, 1.54) is 0 Å². The summed E-state index contributed by atoms with van der Waals surface area (Å²) in [6.07, 6.45) is 0. The molecule has 0 atom stereocenters. The molecule has 0 aliphatic carbocycles. The number of ether oxygens (including phenoxy) is 1. The number of hydrazone groups is 1. The average Bonchev–Trinajstić information content (AvgIpc) is 2.48. The van der Waals surface area contributed by atoms with Gasteiger partial charge in [0.05, 0.1) is 7.11 Å². The van der Waals surface area contributed by atoms with Gasteiger partial charge in [-0.1, -0.05) is 63.2 Å². The van der Waals surface area contributed by atoms with E-state index in [0.29, 0.717) is 0 Å². The van der Waals surface area contributed by atoms with Crippen LogP contribution in [0.15, 0.2) is 53.6 Å². The van der Waals surface area contributed by atoms with Crippen LogP contribution in [0.2, 0.25) is 0 Å². The third-order valence-corrected chi connectivity index (χ3v) is 3.46. The number of hydrogen-bond donors (Lipinski definition) is 1. The number of para-hydroxylation sites is 1. The molecule has 0 radical (unpaired) electrons. The second kappa shape index (κ2) is 6.00. The lowest BCUT2D eigenvalue weighted by molar-refractivity contribution is 0.397. The number of methoxy groups -OCH3 is 1. The average molecular weight is 282 g/mol. The summed E-state index contributed by atoms with van der Waals surface area (Å²) in [5.41, 5.74) is 3.75. The first kappa shape index (κ1) is 15.1. The third kappa shape index (κ3) is 3.07. The van der Waals surface area contributed by atoms with Crippen molar-refractivity contribution in [3.63, 3.8) is 0 Å². The summed E-state index contributed by atoms with van der Waals surface area (Å²) >= 11 is 0. The van der Waals surface area contributed by atoms with E-state index in [0.717, 1.165) is 28.2 Å². The Morgan fingerprint density at radius 1 is 1.00 bits per heavy atom. The van der Waals surface area contributed by atoms with Crippen molar-refractivity contribution in [2.75, 3.05) is 7.11 Å². The quantitative estimate of drug-likeness (QED) is 0.530. The molecule has 0 saturated heterocycles. The van der Waals surface area contributed by atoms with E-state index in [9.17, 15) is 0 Å². The van der Waals surface area contributed by atoms with Gasteiger partial charge in [0.25, 0.3) is 0 Å². The number of benzene rings is 2. The molecule has 0 aliphatic rings. The summed E-state index contributed by atoms with van der Waals surface area (Å²) in [4.78, 5) is 0. The van der Waals surface area contributed by atoms with Crippen molar-refractivity contribution in [1.29, 1.82) is 0 Å². The number of rotatable bonds is 3. The van der Waals surface area contributed by atoms with Gasteiger partial charge in [0, 0.05) is 16.7 Å². The van der Waals surface area contributed by atoms with Crippen LogP contribution in [0.25, 0.3) is 0 Å². The Labute approximate surface area is 126 Å². The standard InChI is InChI=1S/C18H22N2O/c1-18(2,3)15-12-8-11-14(17(15)21-4)16(20-19)13-9-6-5-7-10-13/h5-12H,19H2,1-4H3. The molecule has 0 spiro atoms. The fourth-order valence-corrected chi connectivity index (χ4v) is 2.43. The molecule has 3 heteroatoms. The van der Waals surface area contributed by atoms with Gasteiger partial charge in [-0.2, -0.15) is 5.10 Å². The van der Waals surface area contributed by atoms with Gasteiger partial charge in [0.15, 0.2) is 0 Å². The minimum atomic E-state index is -0.0161. The number of nitrogens with two attached hydrogens (primary N) is 1. The molecular formula is C18H22N2O. The molecule has 3 nitrogen and oxygen atoms in total. The second-order valence-corrected chi connectivity index (χ2v) is 5.98. The highest BCUT2D eigenvalue weighted by Crippen LogP contribution is 2.35. The predicted molar refractivity (Wildman–Crippen MR) is 88.0 cm³/mol. The Bertz CT molecular complexity index is 640. The lowest BCUT2D eigenvalue weighted by Gasteiger charge is -2.24. The summed E-state index contributed by atoms with van der Waals surface area (Å²) in [5.74, 6) is 6.48. The molecule has 2 rings (SSSR count). The van der Waals surface area contributed by atoms with E-state index in [2.05, 4.69) is 31.9 Å². The van der Waals surface area contributed by atoms with Crippen LogP contribution >= 0.6 is 0 Å². The van der Waals surface area contributed by atoms with Gasteiger partial charge in [-0.05, 0) is 11.5 Å². The Morgan fingerprint density at radius 3 is 2.19 bits per heavy atom. The summed E-state index contributed by atoms with van der Waals surface area (Å²) in [6.45, 7) is 6.49. The van der Waals surface area contributed by atoms with Crippen LogP contribution in [0.4, 0.5) is 0 Å². The second-order valence-electron chi connectivity index (χ2n) is 5.98. The van der Waals surface area contributed by atoms with Gasteiger partial charge < -0.3 is 10.6 Å². The molecule has 0 heterocycles. The van der Waals surface area contributed by atoms with Crippen molar-refractivity contribution < 1.29 is 4.74 Å². The van der Waals surface area contributed by atoms with Crippen molar-refractivity contribution in [3.05, 3.63) is 65.2 Å². The van der Waals surface area contributed by atoms with Gasteiger partial charge in [-0.3, -0.25) is 0 Å². The van der Waals surface area contributed by atoms with Crippen molar-refractivity contribution in [3.8, 4) is 5.75 Å². The summed E-state index contributed by atoms with van der Waals surface area (Å²) < 4.78 is 5.67. The summed E-state index contributed by atoms with van der Waals surface area (Å²) in [6, 6.07) is 16.0. The topological polar surface area (TPSA) is 47.6 Å². The van der Waals surface area contributed by atoms with Crippen LogP contribution in [0.1, 0.15) is 37.5 Å². The number of nitrogens with zero attached hydrogens (tertiary/aromatic N) is 1. The molecule has 0 bridgehead atoms.